The molecule has 1 heterocycles. The molecular weight excluding hydrogens is 232 g/mol. The predicted octanol–water partition coefficient (Wildman–Crippen LogP) is 1.91. The molecule has 1 fully saturated rings. The summed E-state index contributed by atoms with van der Waals surface area (Å²) < 4.78 is 5.22. The van der Waals surface area contributed by atoms with Gasteiger partial charge in [-0.25, -0.2) is 4.79 Å². The molecule has 1 aliphatic heterocycles. The SMILES string of the molecule is CC(=O)N1CCCCC(NC(=O)OC(C)(C)C)C1. The lowest BCUT2D eigenvalue weighted by Crippen LogP contribution is -2.45. The molecule has 0 aromatic carbocycles. The molecule has 0 saturated carbocycles. The predicted molar refractivity (Wildman–Crippen MR) is 69.3 cm³/mol. The van der Waals surface area contributed by atoms with Gasteiger partial charge in [0.15, 0.2) is 0 Å². The van der Waals surface area contributed by atoms with E-state index in [-0.39, 0.29) is 11.9 Å². The number of hydrogen-bond acceptors (Lipinski definition) is 3. The molecule has 1 N–H and O–H groups in total. The number of carbonyl (C=O) groups excluding carboxylic acids is 2. The van der Waals surface area contributed by atoms with Gasteiger partial charge in [0.05, 0.1) is 0 Å². The molecule has 0 spiro atoms. The van der Waals surface area contributed by atoms with E-state index in [9.17, 15) is 9.59 Å². The van der Waals surface area contributed by atoms with Crippen LogP contribution in [-0.4, -0.2) is 41.6 Å². The van der Waals surface area contributed by atoms with E-state index in [2.05, 4.69) is 5.32 Å². The Balaban J connectivity index is 2.49. The Bertz CT molecular complexity index is 310. The summed E-state index contributed by atoms with van der Waals surface area (Å²) in [5.41, 5.74) is -0.491. The third-order valence-corrected chi connectivity index (χ3v) is 2.84. The topological polar surface area (TPSA) is 58.6 Å². The van der Waals surface area contributed by atoms with Gasteiger partial charge in [0.25, 0.3) is 0 Å². The van der Waals surface area contributed by atoms with E-state index in [1.807, 2.05) is 20.8 Å². The lowest BCUT2D eigenvalue weighted by molar-refractivity contribution is -0.129. The van der Waals surface area contributed by atoms with Crippen molar-refractivity contribution in [1.29, 1.82) is 0 Å². The van der Waals surface area contributed by atoms with E-state index in [1.54, 1.807) is 11.8 Å². The zero-order valence-electron chi connectivity index (χ0n) is 11.8. The zero-order chi connectivity index (χ0) is 13.8. The highest BCUT2D eigenvalue weighted by atomic mass is 16.6. The summed E-state index contributed by atoms with van der Waals surface area (Å²) in [4.78, 5) is 24.9. The number of amides is 2. The van der Waals surface area contributed by atoms with E-state index >= 15 is 0 Å². The van der Waals surface area contributed by atoms with Crippen molar-refractivity contribution in [3.05, 3.63) is 0 Å². The van der Waals surface area contributed by atoms with E-state index < -0.39 is 11.7 Å². The van der Waals surface area contributed by atoms with Gasteiger partial charge in [0, 0.05) is 26.1 Å². The lowest BCUT2D eigenvalue weighted by Gasteiger charge is -2.26. The summed E-state index contributed by atoms with van der Waals surface area (Å²) in [7, 11) is 0. The second-order valence-electron chi connectivity index (χ2n) is 5.80. The van der Waals surface area contributed by atoms with Crippen molar-refractivity contribution >= 4 is 12.0 Å². The molecule has 1 atom stereocenters. The van der Waals surface area contributed by atoms with Gasteiger partial charge in [-0.1, -0.05) is 0 Å². The Morgan fingerprint density at radius 1 is 1.28 bits per heavy atom. The molecule has 0 aliphatic carbocycles. The van der Waals surface area contributed by atoms with Crippen LogP contribution in [0, 0.1) is 0 Å². The van der Waals surface area contributed by atoms with Crippen molar-refractivity contribution in [2.24, 2.45) is 0 Å². The molecule has 18 heavy (non-hydrogen) atoms. The zero-order valence-corrected chi connectivity index (χ0v) is 11.8. The summed E-state index contributed by atoms with van der Waals surface area (Å²) in [6.07, 6.45) is 2.50. The Kier molecular flexibility index (Phi) is 4.99. The first-order valence-corrected chi connectivity index (χ1v) is 6.53. The van der Waals surface area contributed by atoms with Gasteiger partial charge in [-0.2, -0.15) is 0 Å². The van der Waals surface area contributed by atoms with E-state index in [0.29, 0.717) is 6.54 Å². The molecule has 104 valence electrons. The molecule has 1 saturated heterocycles. The molecule has 1 rings (SSSR count). The molecule has 1 aliphatic rings. The Hall–Kier alpha value is -1.26. The van der Waals surface area contributed by atoms with Gasteiger partial charge in [-0.15, -0.1) is 0 Å². The molecule has 5 heteroatoms. The van der Waals surface area contributed by atoms with Crippen LogP contribution in [0.5, 0.6) is 0 Å². The number of carbonyl (C=O) groups is 2. The number of alkyl carbamates (subject to hydrolysis) is 1. The van der Waals surface area contributed by atoms with Gasteiger partial charge < -0.3 is 15.0 Å². The highest BCUT2D eigenvalue weighted by molar-refractivity contribution is 5.73. The van der Waals surface area contributed by atoms with Crippen molar-refractivity contribution in [2.45, 2.75) is 58.6 Å². The van der Waals surface area contributed by atoms with Gasteiger partial charge in [0.1, 0.15) is 5.60 Å². The average molecular weight is 256 g/mol. The number of hydrogen-bond donors (Lipinski definition) is 1. The minimum absolute atomic E-state index is 0.00810. The van der Waals surface area contributed by atoms with Gasteiger partial charge >= 0.3 is 6.09 Å². The van der Waals surface area contributed by atoms with E-state index in [1.165, 1.54) is 0 Å². The Morgan fingerprint density at radius 2 is 1.94 bits per heavy atom. The quantitative estimate of drug-likeness (QED) is 0.779. The second-order valence-corrected chi connectivity index (χ2v) is 5.80. The Labute approximate surface area is 109 Å². The molecule has 1 unspecified atom stereocenters. The van der Waals surface area contributed by atoms with Gasteiger partial charge in [-0.05, 0) is 40.0 Å². The maximum Gasteiger partial charge on any atom is 0.407 e. The molecule has 0 aromatic rings. The minimum atomic E-state index is -0.491. The number of ether oxygens (including phenoxy) is 1. The van der Waals surface area contributed by atoms with Crippen LogP contribution in [0.2, 0.25) is 0 Å². The van der Waals surface area contributed by atoms with Crippen LogP contribution < -0.4 is 5.32 Å². The molecular formula is C13H24N2O3. The summed E-state index contributed by atoms with van der Waals surface area (Å²) in [5, 5.41) is 2.85. The highest BCUT2D eigenvalue weighted by Gasteiger charge is 2.23. The summed E-state index contributed by atoms with van der Waals surface area (Å²) in [5.74, 6) is 0.0629. The average Bonchev–Trinajstić information content (AvgIpc) is 2.40. The van der Waals surface area contributed by atoms with Crippen LogP contribution in [0.3, 0.4) is 0 Å². The lowest BCUT2D eigenvalue weighted by atomic mass is 10.1. The monoisotopic (exact) mass is 256 g/mol. The summed E-state index contributed by atoms with van der Waals surface area (Å²) in [6, 6.07) is -0.00810. The van der Waals surface area contributed by atoms with Crippen molar-refractivity contribution < 1.29 is 14.3 Å². The van der Waals surface area contributed by atoms with Crippen LogP contribution in [0.25, 0.3) is 0 Å². The fourth-order valence-electron chi connectivity index (χ4n) is 2.02. The molecule has 5 nitrogen and oxygen atoms in total. The smallest absolute Gasteiger partial charge is 0.407 e. The van der Waals surface area contributed by atoms with Crippen LogP contribution >= 0.6 is 0 Å². The number of rotatable bonds is 1. The van der Waals surface area contributed by atoms with Crippen molar-refractivity contribution in [3.8, 4) is 0 Å². The molecule has 0 radical (unpaired) electrons. The van der Waals surface area contributed by atoms with Gasteiger partial charge in [0.2, 0.25) is 5.91 Å². The fraction of sp³-hybridized carbons (Fsp3) is 0.846. The second kappa shape index (κ2) is 6.07. The highest BCUT2D eigenvalue weighted by Crippen LogP contribution is 2.12. The molecule has 2 amide bonds. The van der Waals surface area contributed by atoms with Crippen LogP contribution in [0.4, 0.5) is 4.79 Å². The van der Waals surface area contributed by atoms with Crippen molar-refractivity contribution in [1.82, 2.24) is 10.2 Å². The fourth-order valence-corrected chi connectivity index (χ4v) is 2.02. The minimum Gasteiger partial charge on any atom is -0.444 e. The van der Waals surface area contributed by atoms with E-state index in [4.69, 9.17) is 4.74 Å². The number of likely N-dealkylation sites (tertiary alicyclic amines) is 1. The number of nitrogens with one attached hydrogen (secondary N) is 1. The van der Waals surface area contributed by atoms with Crippen LogP contribution in [0.15, 0.2) is 0 Å². The first-order chi connectivity index (χ1) is 8.28. The van der Waals surface area contributed by atoms with Crippen molar-refractivity contribution in [2.75, 3.05) is 13.1 Å². The first kappa shape index (κ1) is 14.8. The largest absolute Gasteiger partial charge is 0.444 e. The first-order valence-electron chi connectivity index (χ1n) is 6.53. The standard InChI is InChI=1S/C13H24N2O3/c1-10(16)15-8-6-5-7-11(9-15)14-12(17)18-13(2,3)4/h11H,5-9H2,1-4H3,(H,14,17). The maximum absolute atomic E-state index is 11.7. The van der Waals surface area contributed by atoms with E-state index in [0.717, 1.165) is 25.8 Å². The third kappa shape index (κ3) is 5.38. The van der Waals surface area contributed by atoms with Crippen LogP contribution in [-0.2, 0) is 9.53 Å². The van der Waals surface area contributed by atoms with Crippen molar-refractivity contribution in [3.63, 3.8) is 0 Å². The Morgan fingerprint density at radius 3 is 2.50 bits per heavy atom. The number of nitrogens with zero attached hydrogens (tertiary/aromatic N) is 1. The third-order valence-electron chi connectivity index (χ3n) is 2.84. The van der Waals surface area contributed by atoms with Gasteiger partial charge in [-0.3, -0.25) is 4.79 Å². The normalized spacial score (nSPS) is 21.1. The van der Waals surface area contributed by atoms with Crippen LogP contribution in [0.1, 0.15) is 47.0 Å². The summed E-state index contributed by atoms with van der Waals surface area (Å²) in [6.45, 7) is 8.43. The molecule has 0 aromatic heterocycles. The molecule has 0 bridgehead atoms. The maximum atomic E-state index is 11.7. The summed E-state index contributed by atoms with van der Waals surface area (Å²) >= 11 is 0.